The highest BCUT2D eigenvalue weighted by Crippen LogP contribution is 2.35. The predicted molar refractivity (Wildman–Crippen MR) is 132 cm³/mol. The van der Waals surface area contributed by atoms with Gasteiger partial charge in [0.05, 0.1) is 27.5 Å². The van der Waals surface area contributed by atoms with Crippen molar-refractivity contribution < 1.29 is 19.2 Å². The number of nitrogens with one attached hydrogen (secondary N) is 1. The summed E-state index contributed by atoms with van der Waals surface area (Å²) in [6, 6.07) is 19.1. The van der Waals surface area contributed by atoms with Gasteiger partial charge >= 0.3 is 0 Å². The van der Waals surface area contributed by atoms with Crippen LogP contribution in [0.1, 0.15) is 27.1 Å². The number of hydrogen-bond acceptors (Lipinski definition) is 6. The highest BCUT2D eigenvalue weighted by atomic mass is 35.5. The second-order valence-corrected chi connectivity index (χ2v) is 8.37. The van der Waals surface area contributed by atoms with Gasteiger partial charge in [-0.2, -0.15) is 5.10 Å². The number of rotatable bonds is 5. The van der Waals surface area contributed by atoms with E-state index in [9.17, 15) is 19.2 Å². The maximum absolute atomic E-state index is 12.9. The monoisotopic (exact) mass is 487 g/mol. The van der Waals surface area contributed by atoms with E-state index in [2.05, 4.69) is 10.4 Å². The van der Waals surface area contributed by atoms with Gasteiger partial charge in [-0.25, -0.2) is 4.90 Å². The number of benzene rings is 3. The van der Waals surface area contributed by atoms with Gasteiger partial charge in [0.1, 0.15) is 11.8 Å². The van der Waals surface area contributed by atoms with Crippen LogP contribution in [-0.4, -0.2) is 35.4 Å². The molecule has 2 heterocycles. The molecule has 0 bridgehead atoms. The summed E-state index contributed by atoms with van der Waals surface area (Å²) in [6.07, 6.45) is 0.0386. The Morgan fingerprint density at radius 1 is 0.943 bits per heavy atom. The van der Waals surface area contributed by atoms with Gasteiger partial charge in [-0.05, 0) is 42.5 Å². The number of hydrazone groups is 1. The van der Waals surface area contributed by atoms with Crippen LogP contribution in [0.3, 0.4) is 0 Å². The van der Waals surface area contributed by atoms with Crippen molar-refractivity contribution in [2.45, 2.75) is 12.5 Å². The molecule has 1 unspecified atom stereocenters. The van der Waals surface area contributed by atoms with Crippen LogP contribution in [-0.2, 0) is 9.59 Å². The molecule has 0 saturated carbocycles. The molecule has 1 atom stereocenters. The molecule has 2 aliphatic heterocycles. The maximum atomic E-state index is 12.9. The van der Waals surface area contributed by atoms with Crippen molar-refractivity contribution in [2.75, 3.05) is 15.2 Å². The van der Waals surface area contributed by atoms with Crippen molar-refractivity contribution in [3.05, 3.63) is 88.9 Å². The third-order valence-electron chi connectivity index (χ3n) is 5.76. The number of hydrogen-bond donors (Lipinski definition) is 2. The van der Waals surface area contributed by atoms with E-state index in [0.29, 0.717) is 22.5 Å². The molecular formula is C25H18ClN5O4. The van der Waals surface area contributed by atoms with Gasteiger partial charge in [0.15, 0.2) is 0 Å². The van der Waals surface area contributed by atoms with Gasteiger partial charge in [0.2, 0.25) is 5.91 Å². The molecule has 9 nitrogen and oxygen atoms in total. The van der Waals surface area contributed by atoms with Crippen LogP contribution < -0.4 is 21.0 Å². The van der Waals surface area contributed by atoms with E-state index in [1.807, 2.05) is 6.07 Å². The Morgan fingerprint density at radius 3 is 2.17 bits per heavy atom. The van der Waals surface area contributed by atoms with Crippen LogP contribution in [0.4, 0.5) is 17.1 Å². The normalized spacial score (nSPS) is 16.8. The average molecular weight is 488 g/mol. The molecular weight excluding hydrogens is 470 g/mol. The highest BCUT2D eigenvalue weighted by molar-refractivity contribution is 6.44. The highest BCUT2D eigenvalue weighted by Gasteiger charge is 2.38. The van der Waals surface area contributed by atoms with Gasteiger partial charge in [-0.15, -0.1) is 0 Å². The zero-order valence-electron chi connectivity index (χ0n) is 18.1. The number of halogens is 1. The quantitative estimate of drug-likeness (QED) is 0.534. The summed E-state index contributed by atoms with van der Waals surface area (Å²) in [5.74, 6) is -2.07. The molecule has 0 fully saturated rings. The largest absolute Gasteiger partial charge is 0.368 e. The lowest BCUT2D eigenvalue weighted by Gasteiger charge is -2.20. The Kier molecular flexibility index (Phi) is 5.54. The molecule has 4 amide bonds. The number of fused-ring (bicyclic) bond motifs is 1. The van der Waals surface area contributed by atoms with E-state index in [1.54, 1.807) is 48.5 Å². The van der Waals surface area contributed by atoms with Crippen molar-refractivity contribution in [2.24, 2.45) is 10.8 Å². The van der Waals surface area contributed by atoms with Crippen LogP contribution in [0, 0.1) is 0 Å². The van der Waals surface area contributed by atoms with E-state index in [0.717, 1.165) is 4.90 Å². The van der Waals surface area contributed by atoms with E-state index < -0.39 is 29.7 Å². The molecule has 5 rings (SSSR count). The second kappa shape index (κ2) is 8.69. The summed E-state index contributed by atoms with van der Waals surface area (Å²) in [5.41, 5.74) is 7.43. The van der Waals surface area contributed by atoms with Gasteiger partial charge in [0.25, 0.3) is 17.7 Å². The lowest BCUT2D eigenvalue weighted by atomic mass is 10.1. The summed E-state index contributed by atoms with van der Waals surface area (Å²) in [7, 11) is 0. The predicted octanol–water partition coefficient (Wildman–Crippen LogP) is 3.20. The van der Waals surface area contributed by atoms with E-state index >= 15 is 0 Å². The molecule has 0 aliphatic carbocycles. The van der Waals surface area contributed by atoms with Gasteiger partial charge in [0, 0.05) is 12.1 Å². The first-order chi connectivity index (χ1) is 16.8. The molecule has 0 spiro atoms. The van der Waals surface area contributed by atoms with Crippen molar-refractivity contribution in [1.29, 1.82) is 0 Å². The Morgan fingerprint density at radius 2 is 1.57 bits per heavy atom. The Labute approximate surface area is 204 Å². The summed E-state index contributed by atoms with van der Waals surface area (Å²) in [4.78, 5) is 51.3. The molecule has 174 valence electrons. The number of amides is 4. The second-order valence-electron chi connectivity index (χ2n) is 7.96. The zero-order chi connectivity index (χ0) is 24.7. The van der Waals surface area contributed by atoms with Crippen molar-refractivity contribution in [3.63, 3.8) is 0 Å². The minimum atomic E-state index is -0.794. The molecule has 2 aliphatic rings. The number of nitrogens with zero attached hydrogens (tertiary/aromatic N) is 3. The van der Waals surface area contributed by atoms with Crippen LogP contribution in [0.25, 0.3) is 0 Å². The standard InChI is InChI=1S/C25H18ClN5O4/c26-18-12-14(10-11-20(18)30-24(34)16-8-4-5-9-17(16)25(30)35)28-23(33)19-13-21(22(27)32)31(29-19)15-6-2-1-3-7-15/h1-12,21H,13H2,(H2,27,32)(H,28,33). The first kappa shape index (κ1) is 22.3. The van der Waals surface area contributed by atoms with Crippen LogP contribution >= 0.6 is 11.6 Å². The third kappa shape index (κ3) is 3.91. The Balaban J connectivity index is 1.36. The number of para-hydroxylation sites is 1. The fourth-order valence-corrected chi connectivity index (χ4v) is 4.33. The smallest absolute Gasteiger partial charge is 0.271 e. The number of carbonyl (C=O) groups is 4. The molecule has 0 aromatic heterocycles. The Hall–Kier alpha value is -4.50. The van der Waals surface area contributed by atoms with E-state index in [-0.39, 0.29) is 22.8 Å². The molecule has 3 aromatic rings. The van der Waals surface area contributed by atoms with Crippen molar-refractivity contribution in [1.82, 2.24) is 0 Å². The third-order valence-corrected chi connectivity index (χ3v) is 6.06. The molecule has 3 aromatic carbocycles. The first-order valence-electron chi connectivity index (χ1n) is 10.6. The number of nitrogens with two attached hydrogens (primary N) is 1. The first-order valence-corrected chi connectivity index (χ1v) is 11.0. The van der Waals surface area contributed by atoms with Crippen LogP contribution in [0.15, 0.2) is 77.9 Å². The fraction of sp³-hybridized carbons (Fsp3) is 0.0800. The summed E-state index contributed by atoms with van der Waals surface area (Å²) < 4.78 is 0. The lowest BCUT2D eigenvalue weighted by molar-refractivity contribution is -0.119. The number of primary amides is 1. The fourth-order valence-electron chi connectivity index (χ4n) is 4.07. The molecule has 0 radical (unpaired) electrons. The van der Waals surface area contributed by atoms with Gasteiger partial charge < -0.3 is 11.1 Å². The number of carbonyl (C=O) groups excluding carboxylic acids is 4. The molecule has 35 heavy (non-hydrogen) atoms. The maximum Gasteiger partial charge on any atom is 0.271 e. The van der Waals surface area contributed by atoms with E-state index in [4.69, 9.17) is 17.3 Å². The topological polar surface area (TPSA) is 125 Å². The van der Waals surface area contributed by atoms with E-state index in [1.165, 1.54) is 23.2 Å². The van der Waals surface area contributed by atoms with Crippen LogP contribution in [0.2, 0.25) is 5.02 Å². The lowest BCUT2D eigenvalue weighted by Crippen LogP contribution is -2.39. The number of imide groups is 1. The minimum absolute atomic E-state index is 0.0386. The minimum Gasteiger partial charge on any atom is -0.368 e. The SMILES string of the molecule is NC(=O)C1CC(C(=O)Nc2ccc(N3C(=O)c4ccccc4C3=O)c(Cl)c2)=NN1c1ccccc1. The molecule has 0 saturated heterocycles. The summed E-state index contributed by atoms with van der Waals surface area (Å²) in [5, 5.41) is 8.53. The molecule has 3 N–H and O–H groups in total. The van der Waals surface area contributed by atoms with Crippen molar-refractivity contribution >= 4 is 58.0 Å². The summed E-state index contributed by atoms with van der Waals surface area (Å²) >= 11 is 6.40. The summed E-state index contributed by atoms with van der Waals surface area (Å²) in [6.45, 7) is 0. The van der Waals surface area contributed by atoms with Gasteiger partial charge in [-0.3, -0.25) is 24.2 Å². The Bertz CT molecular complexity index is 1390. The van der Waals surface area contributed by atoms with Crippen molar-refractivity contribution in [3.8, 4) is 0 Å². The number of anilines is 3. The van der Waals surface area contributed by atoms with Crippen LogP contribution in [0.5, 0.6) is 0 Å². The zero-order valence-corrected chi connectivity index (χ0v) is 18.9. The van der Waals surface area contributed by atoms with Gasteiger partial charge in [-0.1, -0.05) is 41.9 Å². The average Bonchev–Trinajstić information content (AvgIpc) is 3.41. The molecule has 10 heteroatoms.